The molecule has 0 saturated heterocycles. The monoisotopic (exact) mass is 276 g/mol. The highest BCUT2D eigenvalue weighted by Crippen LogP contribution is 2.57. The van der Waals surface area contributed by atoms with Crippen molar-refractivity contribution in [2.75, 3.05) is 13.2 Å². The van der Waals surface area contributed by atoms with E-state index >= 15 is 0 Å². The quantitative estimate of drug-likeness (QED) is 0.664. The lowest BCUT2D eigenvalue weighted by atomic mass is 9.85. The maximum absolute atomic E-state index is 12.8. The zero-order chi connectivity index (χ0) is 13.6. The normalized spacial score (nSPS) is 19.7. The summed E-state index contributed by atoms with van der Waals surface area (Å²) in [6, 6.07) is 0. The first-order valence-corrected chi connectivity index (χ1v) is 8.55. The van der Waals surface area contributed by atoms with Gasteiger partial charge in [0.1, 0.15) is 11.4 Å². The summed E-state index contributed by atoms with van der Waals surface area (Å²) in [5.41, 5.74) is -0.572. The van der Waals surface area contributed by atoms with Gasteiger partial charge < -0.3 is 9.05 Å². The molecule has 0 amide bonds. The molecule has 0 N–H and O–H groups in total. The average Bonchev–Trinajstić information content (AvgIpc) is 2.30. The van der Waals surface area contributed by atoms with Crippen molar-refractivity contribution in [3.63, 3.8) is 0 Å². The third-order valence-corrected chi connectivity index (χ3v) is 6.17. The van der Waals surface area contributed by atoms with Crippen LogP contribution in [0.1, 0.15) is 52.9 Å². The van der Waals surface area contributed by atoms with E-state index in [1.807, 2.05) is 0 Å². The van der Waals surface area contributed by atoms with Gasteiger partial charge in [0.2, 0.25) is 0 Å². The number of rotatable bonds is 7. The SMILES string of the molecule is CCOP(=O)(OCC)C(C(C)=O)C1CCCCC1. The highest BCUT2D eigenvalue weighted by molar-refractivity contribution is 7.55. The van der Waals surface area contributed by atoms with Gasteiger partial charge in [0.05, 0.1) is 13.2 Å². The summed E-state index contributed by atoms with van der Waals surface area (Å²) in [4.78, 5) is 11.9. The third kappa shape index (κ3) is 3.91. The Hall–Kier alpha value is -0.180. The number of carbonyl (C=O) groups excluding carboxylic acids is 1. The smallest absolute Gasteiger partial charge is 0.308 e. The Bertz CT molecular complexity index is 300. The predicted octanol–water partition coefficient (Wildman–Crippen LogP) is 3.79. The first kappa shape index (κ1) is 15.9. The molecule has 1 rings (SSSR count). The van der Waals surface area contributed by atoms with Gasteiger partial charge in [0, 0.05) is 0 Å². The van der Waals surface area contributed by atoms with Crippen LogP contribution in [-0.4, -0.2) is 24.7 Å². The second kappa shape index (κ2) is 7.42. The Labute approximate surface area is 110 Å². The van der Waals surface area contributed by atoms with E-state index in [1.54, 1.807) is 13.8 Å². The molecule has 0 aromatic rings. The number of Topliss-reactive ketones (excluding diaryl/α,β-unsaturated/α-hetero) is 1. The molecule has 0 bridgehead atoms. The van der Waals surface area contributed by atoms with Crippen LogP contribution >= 0.6 is 7.60 Å². The lowest BCUT2D eigenvalue weighted by Gasteiger charge is -2.32. The van der Waals surface area contributed by atoms with E-state index < -0.39 is 13.3 Å². The molecule has 1 atom stereocenters. The van der Waals surface area contributed by atoms with Crippen molar-refractivity contribution in [1.29, 1.82) is 0 Å². The molecular weight excluding hydrogens is 251 g/mol. The lowest BCUT2D eigenvalue weighted by Crippen LogP contribution is -2.31. The van der Waals surface area contributed by atoms with E-state index in [-0.39, 0.29) is 11.7 Å². The van der Waals surface area contributed by atoms with Gasteiger partial charge in [0.15, 0.2) is 0 Å². The minimum atomic E-state index is -3.30. The molecule has 1 saturated carbocycles. The zero-order valence-corrected chi connectivity index (χ0v) is 12.6. The zero-order valence-electron chi connectivity index (χ0n) is 11.7. The van der Waals surface area contributed by atoms with E-state index in [9.17, 15) is 9.36 Å². The summed E-state index contributed by atoms with van der Waals surface area (Å²) >= 11 is 0. The highest BCUT2D eigenvalue weighted by atomic mass is 31.2. The largest absolute Gasteiger partial charge is 0.341 e. The third-order valence-electron chi connectivity index (χ3n) is 3.47. The van der Waals surface area contributed by atoms with Crippen molar-refractivity contribution >= 4 is 13.4 Å². The molecule has 0 aromatic heterocycles. The standard InChI is InChI=1S/C13H25O4P/c1-4-16-18(15,17-5-2)13(11(3)14)12-9-7-6-8-10-12/h12-13H,4-10H2,1-3H3. The Balaban J connectivity index is 2.92. The molecule has 1 fully saturated rings. The molecule has 0 aliphatic heterocycles. The average molecular weight is 276 g/mol. The van der Waals surface area contributed by atoms with Crippen LogP contribution in [0.15, 0.2) is 0 Å². The lowest BCUT2D eigenvalue weighted by molar-refractivity contribution is -0.118. The van der Waals surface area contributed by atoms with Crippen molar-refractivity contribution in [3.05, 3.63) is 0 Å². The van der Waals surface area contributed by atoms with E-state index in [2.05, 4.69) is 0 Å². The fourth-order valence-corrected chi connectivity index (χ4v) is 5.20. The Morgan fingerprint density at radius 2 is 1.67 bits per heavy atom. The molecule has 1 unspecified atom stereocenters. The van der Waals surface area contributed by atoms with E-state index in [0.29, 0.717) is 13.2 Å². The molecule has 0 heterocycles. The first-order valence-electron chi connectivity index (χ1n) is 6.94. The van der Waals surface area contributed by atoms with Crippen molar-refractivity contribution < 1.29 is 18.4 Å². The molecule has 0 aromatic carbocycles. The van der Waals surface area contributed by atoms with Crippen LogP contribution in [0.25, 0.3) is 0 Å². The van der Waals surface area contributed by atoms with Crippen LogP contribution in [0.5, 0.6) is 0 Å². The van der Waals surface area contributed by atoms with E-state index in [1.165, 1.54) is 13.3 Å². The van der Waals surface area contributed by atoms with Gasteiger partial charge in [-0.3, -0.25) is 9.36 Å². The number of carbonyl (C=O) groups is 1. The predicted molar refractivity (Wildman–Crippen MR) is 71.9 cm³/mol. The Morgan fingerprint density at radius 3 is 2.06 bits per heavy atom. The van der Waals surface area contributed by atoms with Gasteiger partial charge in [-0.05, 0) is 39.5 Å². The van der Waals surface area contributed by atoms with Crippen LogP contribution in [0, 0.1) is 5.92 Å². The van der Waals surface area contributed by atoms with Crippen LogP contribution in [0.4, 0.5) is 0 Å². The van der Waals surface area contributed by atoms with Crippen LogP contribution in [0.2, 0.25) is 0 Å². The Kier molecular flexibility index (Phi) is 6.54. The molecule has 106 valence electrons. The summed E-state index contributed by atoms with van der Waals surface area (Å²) in [5.74, 6) is 0.0901. The second-order valence-corrected chi connectivity index (χ2v) is 6.98. The topological polar surface area (TPSA) is 52.6 Å². The van der Waals surface area contributed by atoms with Crippen LogP contribution < -0.4 is 0 Å². The van der Waals surface area contributed by atoms with Gasteiger partial charge in [-0.2, -0.15) is 0 Å². The van der Waals surface area contributed by atoms with Gasteiger partial charge in [-0.1, -0.05) is 19.3 Å². The highest BCUT2D eigenvalue weighted by Gasteiger charge is 2.44. The maximum Gasteiger partial charge on any atom is 0.341 e. The molecular formula is C13H25O4P. The summed E-state index contributed by atoms with van der Waals surface area (Å²) in [5, 5.41) is 0. The number of ketones is 1. The minimum Gasteiger partial charge on any atom is -0.308 e. The van der Waals surface area contributed by atoms with E-state index in [4.69, 9.17) is 9.05 Å². The molecule has 0 spiro atoms. The molecule has 4 nitrogen and oxygen atoms in total. The fourth-order valence-electron chi connectivity index (χ4n) is 2.82. The maximum atomic E-state index is 12.8. The summed E-state index contributed by atoms with van der Waals surface area (Å²) in [7, 11) is -3.30. The summed E-state index contributed by atoms with van der Waals surface area (Å²) in [6.07, 6.45) is 5.32. The molecule has 18 heavy (non-hydrogen) atoms. The summed E-state index contributed by atoms with van der Waals surface area (Å²) in [6.45, 7) is 5.69. The van der Waals surface area contributed by atoms with Gasteiger partial charge >= 0.3 is 7.60 Å². The minimum absolute atomic E-state index is 0.0628. The first-order chi connectivity index (χ1) is 8.55. The number of hydrogen-bond acceptors (Lipinski definition) is 4. The van der Waals surface area contributed by atoms with Gasteiger partial charge in [-0.25, -0.2) is 0 Å². The molecule has 5 heteroatoms. The fraction of sp³-hybridized carbons (Fsp3) is 0.923. The Morgan fingerprint density at radius 1 is 1.17 bits per heavy atom. The van der Waals surface area contributed by atoms with Crippen molar-refractivity contribution in [3.8, 4) is 0 Å². The molecule has 0 radical (unpaired) electrons. The van der Waals surface area contributed by atoms with Gasteiger partial charge in [-0.15, -0.1) is 0 Å². The summed E-state index contributed by atoms with van der Waals surface area (Å²) < 4.78 is 23.5. The molecule has 1 aliphatic rings. The second-order valence-electron chi connectivity index (χ2n) is 4.83. The molecule has 1 aliphatic carbocycles. The van der Waals surface area contributed by atoms with Crippen LogP contribution in [-0.2, 0) is 18.4 Å². The van der Waals surface area contributed by atoms with Gasteiger partial charge in [0.25, 0.3) is 0 Å². The van der Waals surface area contributed by atoms with Crippen LogP contribution in [0.3, 0.4) is 0 Å². The number of hydrogen-bond donors (Lipinski definition) is 0. The van der Waals surface area contributed by atoms with Crippen molar-refractivity contribution in [2.45, 2.75) is 58.5 Å². The van der Waals surface area contributed by atoms with Crippen molar-refractivity contribution in [1.82, 2.24) is 0 Å². The van der Waals surface area contributed by atoms with E-state index in [0.717, 1.165) is 25.7 Å². The van der Waals surface area contributed by atoms with Crippen molar-refractivity contribution in [2.24, 2.45) is 5.92 Å².